The Balaban J connectivity index is 1.95. The van der Waals surface area contributed by atoms with E-state index in [0.717, 1.165) is 23.0 Å². The predicted octanol–water partition coefficient (Wildman–Crippen LogP) is 1.59. The summed E-state index contributed by atoms with van der Waals surface area (Å²) in [6.45, 7) is 3.50. The lowest BCUT2D eigenvalue weighted by molar-refractivity contribution is 0.0789. The lowest BCUT2D eigenvalue weighted by Crippen LogP contribution is -2.32. The van der Waals surface area contributed by atoms with E-state index in [1.807, 2.05) is 35.4 Å². The minimum Gasteiger partial charge on any atom is -0.361 e. The van der Waals surface area contributed by atoms with E-state index in [2.05, 4.69) is 11.9 Å². The third kappa shape index (κ3) is 1.69. The Labute approximate surface area is 106 Å². The molecule has 4 nitrogen and oxygen atoms in total. The fraction of sp³-hybridized carbons (Fsp3) is 0.357. The molecule has 0 radical (unpaired) electrons. The van der Waals surface area contributed by atoms with E-state index in [1.54, 1.807) is 0 Å². The molecule has 1 saturated heterocycles. The summed E-state index contributed by atoms with van der Waals surface area (Å²) in [5, 5.41) is 0.982. The van der Waals surface area contributed by atoms with Gasteiger partial charge < -0.3 is 15.6 Å². The Morgan fingerprint density at radius 1 is 1.39 bits per heavy atom. The number of nitrogens with zero attached hydrogens (tertiary/aromatic N) is 1. The lowest BCUT2D eigenvalue weighted by atomic mass is 10.1. The van der Waals surface area contributed by atoms with Gasteiger partial charge in [-0.2, -0.15) is 0 Å². The number of benzene rings is 1. The van der Waals surface area contributed by atoms with Gasteiger partial charge in [0.15, 0.2) is 0 Å². The monoisotopic (exact) mass is 243 g/mol. The zero-order valence-corrected chi connectivity index (χ0v) is 10.4. The van der Waals surface area contributed by atoms with Crippen molar-refractivity contribution in [2.75, 3.05) is 13.1 Å². The topological polar surface area (TPSA) is 62.1 Å². The van der Waals surface area contributed by atoms with Gasteiger partial charge in [-0.15, -0.1) is 0 Å². The van der Waals surface area contributed by atoms with E-state index in [1.165, 1.54) is 0 Å². The number of nitrogens with two attached hydrogens (primary N) is 1. The number of aromatic amines is 1. The summed E-state index contributed by atoms with van der Waals surface area (Å²) >= 11 is 0. The smallest absolute Gasteiger partial charge is 0.254 e. The Morgan fingerprint density at radius 2 is 2.22 bits per heavy atom. The highest BCUT2D eigenvalue weighted by Gasteiger charge is 2.30. The van der Waals surface area contributed by atoms with Crippen LogP contribution in [-0.2, 0) is 0 Å². The highest BCUT2D eigenvalue weighted by molar-refractivity contribution is 6.06. The van der Waals surface area contributed by atoms with Gasteiger partial charge in [0, 0.05) is 41.8 Å². The van der Waals surface area contributed by atoms with Crippen LogP contribution < -0.4 is 5.73 Å². The molecule has 0 bridgehead atoms. The van der Waals surface area contributed by atoms with Crippen molar-refractivity contribution in [3.63, 3.8) is 0 Å². The molecule has 0 saturated carbocycles. The minimum absolute atomic E-state index is 0.0833. The van der Waals surface area contributed by atoms with Crippen LogP contribution in [0, 0.1) is 5.92 Å². The first-order valence-corrected chi connectivity index (χ1v) is 6.28. The summed E-state index contributed by atoms with van der Waals surface area (Å²) in [5.41, 5.74) is 7.73. The molecule has 1 aliphatic rings. The maximum atomic E-state index is 12.5. The van der Waals surface area contributed by atoms with E-state index in [4.69, 9.17) is 5.73 Å². The molecular weight excluding hydrogens is 226 g/mol. The number of likely N-dealkylation sites (tertiary alicyclic amines) is 1. The Kier molecular flexibility index (Phi) is 2.59. The third-order valence-electron chi connectivity index (χ3n) is 3.78. The molecule has 4 heteroatoms. The molecule has 0 aliphatic carbocycles. The van der Waals surface area contributed by atoms with Crippen LogP contribution >= 0.6 is 0 Å². The van der Waals surface area contributed by atoms with Crippen molar-refractivity contribution in [2.45, 2.75) is 13.0 Å². The third-order valence-corrected chi connectivity index (χ3v) is 3.78. The summed E-state index contributed by atoms with van der Waals surface area (Å²) in [4.78, 5) is 17.5. The number of H-pyrrole nitrogens is 1. The normalized spacial score (nSPS) is 23.8. The van der Waals surface area contributed by atoms with E-state index in [9.17, 15) is 4.79 Å². The lowest BCUT2D eigenvalue weighted by Gasteiger charge is -2.16. The number of carbonyl (C=O) groups excluding carboxylic acids is 1. The van der Waals surface area contributed by atoms with Gasteiger partial charge >= 0.3 is 0 Å². The summed E-state index contributed by atoms with van der Waals surface area (Å²) in [6.07, 6.45) is 1.86. The van der Waals surface area contributed by atoms with E-state index in [-0.39, 0.29) is 11.9 Å². The Morgan fingerprint density at radius 3 is 2.94 bits per heavy atom. The molecule has 1 aliphatic heterocycles. The molecule has 3 rings (SSSR count). The summed E-state index contributed by atoms with van der Waals surface area (Å²) in [5.74, 6) is 0.458. The minimum atomic E-state index is 0.0833. The highest BCUT2D eigenvalue weighted by atomic mass is 16.2. The summed E-state index contributed by atoms with van der Waals surface area (Å²) in [7, 11) is 0. The molecule has 1 amide bonds. The van der Waals surface area contributed by atoms with Gasteiger partial charge in [0.2, 0.25) is 0 Å². The zero-order valence-electron chi connectivity index (χ0n) is 10.4. The Hall–Kier alpha value is -1.81. The molecule has 2 aromatic rings. The van der Waals surface area contributed by atoms with Crippen molar-refractivity contribution in [2.24, 2.45) is 11.7 Å². The van der Waals surface area contributed by atoms with Crippen LogP contribution in [0.2, 0.25) is 0 Å². The number of fused-ring (bicyclic) bond motifs is 1. The summed E-state index contributed by atoms with van der Waals surface area (Å²) in [6, 6.07) is 7.81. The van der Waals surface area contributed by atoms with Gasteiger partial charge in [0.25, 0.3) is 5.91 Å². The molecular formula is C14H17N3O. The SMILES string of the molecule is CC1CN(C(=O)c2cccc3[nH]ccc23)CC1N. The van der Waals surface area contributed by atoms with Crippen LogP contribution in [0.25, 0.3) is 10.9 Å². The number of rotatable bonds is 1. The number of aromatic nitrogens is 1. The number of nitrogens with one attached hydrogen (secondary N) is 1. The van der Waals surface area contributed by atoms with Crippen LogP contribution in [0.15, 0.2) is 30.5 Å². The standard InChI is InChI=1S/C14H17N3O/c1-9-7-17(8-12(9)15)14(18)11-3-2-4-13-10(11)5-6-16-13/h2-6,9,12,16H,7-8,15H2,1H3. The van der Waals surface area contributed by atoms with Gasteiger partial charge in [-0.3, -0.25) is 4.79 Å². The van der Waals surface area contributed by atoms with Crippen molar-refractivity contribution >= 4 is 16.8 Å². The second kappa shape index (κ2) is 4.14. The van der Waals surface area contributed by atoms with Crippen molar-refractivity contribution in [3.8, 4) is 0 Å². The number of hydrogen-bond donors (Lipinski definition) is 2. The van der Waals surface area contributed by atoms with Crippen LogP contribution in [0.1, 0.15) is 17.3 Å². The fourth-order valence-corrected chi connectivity index (χ4v) is 2.60. The number of carbonyl (C=O) groups is 1. The molecule has 18 heavy (non-hydrogen) atoms. The quantitative estimate of drug-likeness (QED) is 0.799. The zero-order chi connectivity index (χ0) is 12.7. The van der Waals surface area contributed by atoms with Crippen LogP contribution in [0.3, 0.4) is 0 Å². The second-order valence-corrected chi connectivity index (χ2v) is 5.10. The molecule has 2 atom stereocenters. The number of amides is 1. The fourth-order valence-electron chi connectivity index (χ4n) is 2.60. The van der Waals surface area contributed by atoms with Crippen molar-refractivity contribution in [3.05, 3.63) is 36.0 Å². The second-order valence-electron chi connectivity index (χ2n) is 5.10. The van der Waals surface area contributed by atoms with Crippen LogP contribution in [0.4, 0.5) is 0 Å². The average molecular weight is 243 g/mol. The van der Waals surface area contributed by atoms with Crippen molar-refractivity contribution < 1.29 is 4.79 Å². The van der Waals surface area contributed by atoms with Gasteiger partial charge in [0.05, 0.1) is 0 Å². The largest absolute Gasteiger partial charge is 0.361 e. The average Bonchev–Trinajstić information content (AvgIpc) is 2.95. The molecule has 1 aromatic heterocycles. The van der Waals surface area contributed by atoms with Gasteiger partial charge in [-0.25, -0.2) is 0 Å². The van der Waals surface area contributed by atoms with Crippen molar-refractivity contribution in [1.82, 2.24) is 9.88 Å². The first-order chi connectivity index (χ1) is 8.66. The molecule has 0 spiro atoms. The Bertz CT molecular complexity index is 579. The van der Waals surface area contributed by atoms with Crippen LogP contribution in [-0.4, -0.2) is 34.9 Å². The maximum absolute atomic E-state index is 12.5. The highest BCUT2D eigenvalue weighted by Crippen LogP contribution is 2.22. The van der Waals surface area contributed by atoms with Crippen molar-refractivity contribution in [1.29, 1.82) is 0 Å². The molecule has 3 N–H and O–H groups in total. The molecule has 1 aromatic carbocycles. The molecule has 94 valence electrons. The molecule has 2 unspecified atom stereocenters. The number of hydrogen-bond acceptors (Lipinski definition) is 2. The molecule has 1 fully saturated rings. The first kappa shape index (κ1) is 11.3. The van der Waals surface area contributed by atoms with Gasteiger partial charge in [-0.1, -0.05) is 13.0 Å². The van der Waals surface area contributed by atoms with Gasteiger partial charge in [-0.05, 0) is 24.1 Å². The van der Waals surface area contributed by atoms with E-state index >= 15 is 0 Å². The summed E-state index contributed by atoms with van der Waals surface area (Å²) < 4.78 is 0. The predicted molar refractivity (Wildman–Crippen MR) is 71.3 cm³/mol. The maximum Gasteiger partial charge on any atom is 0.254 e. The first-order valence-electron chi connectivity index (χ1n) is 6.28. The van der Waals surface area contributed by atoms with Crippen LogP contribution in [0.5, 0.6) is 0 Å². The molecule has 2 heterocycles. The van der Waals surface area contributed by atoms with Gasteiger partial charge in [0.1, 0.15) is 0 Å². The van der Waals surface area contributed by atoms with E-state index < -0.39 is 0 Å². The van der Waals surface area contributed by atoms with E-state index in [0.29, 0.717) is 12.5 Å².